The summed E-state index contributed by atoms with van der Waals surface area (Å²) in [5.74, 6) is -2.64. The van der Waals surface area contributed by atoms with E-state index in [2.05, 4.69) is 5.32 Å². The van der Waals surface area contributed by atoms with Crippen LogP contribution in [0.5, 0.6) is 0 Å². The van der Waals surface area contributed by atoms with E-state index in [-0.39, 0.29) is 43.3 Å². The third-order valence-electron chi connectivity index (χ3n) is 4.82. The third-order valence-corrected chi connectivity index (χ3v) is 4.82. The zero-order valence-electron chi connectivity index (χ0n) is 18.3. The van der Waals surface area contributed by atoms with Gasteiger partial charge in [-0.15, -0.1) is 0 Å². The fourth-order valence-corrected chi connectivity index (χ4v) is 3.17. The first-order valence-electron chi connectivity index (χ1n) is 10.6. The SMILES string of the molecule is CC(C)CC(OC(=O)CCC(=O)[C@H](Cc1ccccc1)NC(=O)c1ccccc1)C(=O)O. The van der Waals surface area contributed by atoms with E-state index >= 15 is 0 Å². The van der Waals surface area contributed by atoms with Gasteiger partial charge in [0.2, 0.25) is 0 Å². The van der Waals surface area contributed by atoms with Gasteiger partial charge >= 0.3 is 11.9 Å². The molecule has 2 rings (SSSR count). The summed E-state index contributed by atoms with van der Waals surface area (Å²) in [5.41, 5.74) is 1.29. The Bertz CT molecular complexity index is 911. The van der Waals surface area contributed by atoms with Gasteiger partial charge in [-0.3, -0.25) is 14.4 Å². The average Bonchev–Trinajstić information content (AvgIpc) is 2.77. The minimum atomic E-state index is -1.24. The molecule has 1 unspecified atom stereocenters. The molecule has 2 aromatic rings. The van der Waals surface area contributed by atoms with Gasteiger partial charge in [-0.2, -0.15) is 0 Å². The number of rotatable bonds is 12. The molecule has 7 nitrogen and oxygen atoms in total. The standard InChI is InChI=1S/C25H29NO6/c1-17(2)15-22(25(30)31)32-23(28)14-13-21(27)20(16-18-9-5-3-6-10-18)26-24(29)19-11-7-4-8-12-19/h3-12,17,20,22H,13-16H2,1-2H3,(H,26,29)(H,30,31)/t20-,22?/m0/s1. The molecule has 0 saturated heterocycles. The minimum Gasteiger partial charge on any atom is -0.479 e. The fourth-order valence-electron chi connectivity index (χ4n) is 3.17. The molecule has 170 valence electrons. The first-order chi connectivity index (χ1) is 15.3. The Morgan fingerprint density at radius 2 is 1.50 bits per heavy atom. The van der Waals surface area contributed by atoms with Crippen LogP contribution < -0.4 is 5.32 Å². The number of carbonyl (C=O) groups is 4. The molecule has 0 heterocycles. The van der Waals surface area contributed by atoms with E-state index in [1.165, 1.54) is 0 Å². The number of ether oxygens (including phenoxy) is 1. The molecule has 0 fully saturated rings. The van der Waals surface area contributed by atoms with Crippen molar-refractivity contribution in [2.75, 3.05) is 0 Å². The van der Waals surface area contributed by atoms with Crippen molar-refractivity contribution in [1.29, 1.82) is 0 Å². The van der Waals surface area contributed by atoms with E-state index in [4.69, 9.17) is 4.74 Å². The van der Waals surface area contributed by atoms with Crippen LogP contribution >= 0.6 is 0 Å². The lowest BCUT2D eigenvalue weighted by atomic mass is 9.99. The van der Waals surface area contributed by atoms with Crippen molar-refractivity contribution in [2.45, 2.75) is 51.7 Å². The van der Waals surface area contributed by atoms with Crippen LogP contribution in [0.15, 0.2) is 60.7 Å². The first kappa shape index (κ1) is 24.8. The maximum absolute atomic E-state index is 12.9. The summed E-state index contributed by atoms with van der Waals surface area (Å²) in [5, 5.41) is 12.0. The second-order valence-corrected chi connectivity index (χ2v) is 7.99. The Morgan fingerprint density at radius 1 is 0.906 bits per heavy atom. The highest BCUT2D eigenvalue weighted by atomic mass is 16.6. The maximum atomic E-state index is 12.9. The Hall–Kier alpha value is -3.48. The normalized spacial score (nSPS) is 12.6. The lowest BCUT2D eigenvalue weighted by Gasteiger charge is -2.19. The number of amides is 1. The molecule has 1 amide bonds. The van der Waals surface area contributed by atoms with Gasteiger partial charge in [0.25, 0.3) is 5.91 Å². The van der Waals surface area contributed by atoms with Crippen molar-refractivity contribution in [3.05, 3.63) is 71.8 Å². The summed E-state index contributed by atoms with van der Waals surface area (Å²) < 4.78 is 5.04. The summed E-state index contributed by atoms with van der Waals surface area (Å²) in [7, 11) is 0. The third kappa shape index (κ3) is 8.34. The maximum Gasteiger partial charge on any atom is 0.345 e. The Labute approximate surface area is 187 Å². The number of nitrogens with one attached hydrogen (secondary N) is 1. The molecule has 0 aliphatic rings. The quantitative estimate of drug-likeness (QED) is 0.491. The van der Waals surface area contributed by atoms with E-state index in [0.29, 0.717) is 5.56 Å². The van der Waals surface area contributed by atoms with Crippen LogP contribution in [0, 0.1) is 5.92 Å². The van der Waals surface area contributed by atoms with Crippen LogP contribution in [0.3, 0.4) is 0 Å². The monoisotopic (exact) mass is 439 g/mol. The zero-order chi connectivity index (χ0) is 23.5. The van der Waals surface area contributed by atoms with E-state index < -0.39 is 24.1 Å². The first-order valence-corrected chi connectivity index (χ1v) is 10.6. The fraction of sp³-hybridized carbons (Fsp3) is 0.360. The molecule has 7 heteroatoms. The average molecular weight is 440 g/mol. The number of esters is 1. The van der Waals surface area contributed by atoms with Gasteiger partial charge in [0, 0.05) is 12.0 Å². The molecule has 0 bridgehead atoms. The van der Waals surface area contributed by atoms with Crippen LogP contribution in [0.4, 0.5) is 0 Å². The molecule has 0 saturated carbocycles. The second kappa shape index (κ2) is 12.4. The van der Waals surface area contributed by atoms with Crippen molar-refractivity contribution >= 4 is 23.6 Å². The van der Waals surface area contributed by atoms with Crippen molar-refractivity contribution in [1.82, 2.24) is 5.32 Å². The van der Waals surface area contributed by atoms with Crippen molar-refractivity contribution in [2.24, 2.45) is 5.92 Å². The summed E-state index contributed by atoms with van der Waals surface area (Å²) in [6.45, 7) is 3.66. The second-order valence-electron chi connectivity index (χ2n) is 7.99. The lowest BCUT2D eigenvalue weighted by molar-refractivity contribution is -0.165. The van der Waals surface area contributed by atoms with E-state index in [9.17, 15) is 24.3 Å². The molecule has 2 aromatic carbocycles. The van der Waals surface area contributed by atoms with Gasteiger partial charge in [0.15, 0.2) is 11.9 Å². The van der Waals surface area contributed by atoms with Crippen LogP contribution in [-0.4, -0.2) is 40.9 Å². The number of hydrogen-bond donors (Lipinski definition) is 2. The van der Waals surface area contributed by atoms with Crippen LogP contribution in [-0.2, 0) is 25.5 Å². The smallest absolute Gasteiger partial charge is 0.345 e. The molecular weight excluding hydrogens is 410 g/mol. The number of aliphatic carboxylic acids is 1. The number of Topliss-reactive ketones (excluding diaryl/α,β-unsaturated/α-hetero) is 1. The summed E-state index contributed by atoms with van der Waals surface area (Å²) >= 11 is 0. The largest absolute Gasteiger partial charge is 0.479 e. The highest BCUT2D eigenvalue weighted by Gasteiger charge is 2.26. The summed E-state index contributed by atoms with van der Waals surface area (Å²) in [6.07, 6.45) is -1.19. The molecule has 2 N–H and O–H groups in total. The van der Waals surface area contributed by atoms with Gasteiger partial charge in [0.1, 0.15) is 0 Å². The highest BCUT2D eigenvalue weighted by Crippen LogP contribution is 2.12. The van der Waals surface area contributed by atoms with Crippen molar-refractivity contribution in [3.8, 4) is 0 Å². The molecule has 0 radical (unpaired) electrons. The number of carboxylic acid groups (broad SMARTS) is 1. The summed E-state index contributed by atoms with van der Waals surface area (Å²) in [6, 6.07) is 17.0. The molecular formula is C25H29NO6. The van der Waals surface area contributed by atoms with Crippen molar-refractivity contribution in [3.63, 3.8) is 0 Å². The molecule has 0 aliphatic heterocycles. The van der Waals surface area contributed by atoms with Gasteiger partial charge in [0.05, 0.1) is 12.5 Å². The Kier molecular flexibility index (Phi) is 9.60. The van der Waals surface area contributed by atoms with E-state index in [1.54, 1.807) is 30.3 Å². The molecule has 0 aliphatic carbocycles. The molecule has 0 spiro atoms. The van der Waals surface area contributed by atoms with Crippen LogP contribution in [0.25, 0.3) is 0 Å². The lowest BCUT2D eigenvalue weighted by Crippen LogP contribution is -2.42. The predicted octanol–water partition coefficient (Wildman–Crippen LogP) is 3.42. The zero-order valence-corrected chi connectivity index (χ0v) is 18.3. The topological polar surface area (TPSA) is 110 Å². The van der Waals surface area contributed by atoms with E-state index in [0.717, 1.165) is 5.56 Å². The van der Waals surface area contributed by atoms with Gasteiger partial charge in [-0.1, -0.05) is 62.4 Å². The Morgan fingerprint density at radius 3 is 2.06 bits per heavy atom. The van der Waals surface area contributed by atoms with E-state index in [1.807, 2.05) is 44.2 Å². The number of carbonyl (C=O) groups excluding carboxylic acids is 3. The molecule has 0 aromatic heterocycles. The number of benzene rings is 2. The highest BCUT2D eigenvalue weighted by molar-refractivity contribution is 5.98. The number of ketones is 1. The van der Waals surface area contributed by atoms with Gasteiger partial charge < -0.3 is 15.2 Å². The van der Waals surface area contributed by atoms with Crippen LogP contribution in [0.1, 0.15) is 49.0 Å². The predicted molar refractivity (Wildman–Crippen MR) is 119 cm³/mol. The summed E-state index contributed by atoms with van der Waals surface area (Å²) in [4.78, 5) is 48.9. The number of carboxylic acids is 1. The van der Waals surface area contributed by atoms with Gasteiger partial charge in [-0.05, 0) is 36.5 Å². The number of hydrogen-bond acceptors (Lipinski definition) is 5. The van der Waals surface area contributed by atoms with Gasteiger partial charge in [-0.25, -0.2) is 4.79 Å². The Balaban J connectivity index is 2.02. The van der Waals surface area contributed by atoms with Crippen molar-refractivity contribution < 1.29 is 29.0 Å². The minimum absolute atomic E-state index is 0.0361. The van der Waals surface area contributed by atoms with Crippen LogP contribution in [0.2, 0.25) is 0 Å². The molecule has 32 heavy (non-hydrogen) atoms. The molecule has 2 atom stereocenters.